The van der Waals surface area contributed by atoms with Gasteiger partial charge in [-0.05, 0) is 44.9 Å². The highest BCUT2D eigenvalue weighted by atomic mass is 16.5. The molecule has 1 aromatic carbocycles. The fourth-order valence-corrected chi connectivity index (χ4v) is 3.93. The van der Waals surface area contributed by atoms with Gasteiger partial charge in [0.2, 0.25) is 0 Å². The van der Waals surface area contributed by atoms with E-state index in [1.807, 2.05) is 50.2 Å². The molecule has 1 saturated heterocycles. The molecule has 3 aromatic rings. The highest BCUT2D eigenvalue weighted by molar-refractivity contribution is 6.06. The molecule has 0 bridgehead atoms. The summed E-state index contributed by atoms with van der Waals surface area (Å²) in [5.41, 5.74) is 0.883. The normalized spacial score (nSPS) is 18.5. The van der Waals surface area contributed by atoms with Crippen molar-refractivity contribution in [2.75, 3.05) is 6.61 Å². The van der Waals surface area contributed by atoms with Gasteiger partial charge in [-0.2, -0.15) is 0 Å². The molecule has 1 amide bonds. The lowest BCUT2D eigenvalue weighted by atomic mass is 9.93. The zero-order chi connectivity index (χ0) is 20.4. The van der Waals surface area contributed by atoms with E-state index in [9.17, 15) is 9.59 Å². The predicted molar refractivity (Wildman–Crippen MR) is 112 cm³/mol. The summed E-state index contributed by atoms with van der Waals surface area (Å²) in [4.78, 5) is 30.4. The predicted octanol–water partition coefficient (Wildman–Crippen LogP) is 3.13. The molecule has 1 N–H and O–H groups in total. The molecule has 150 valence electrons. The molecule has 6 nitrogen and oxygen atoms in total. The van der Waals surface area contributed by atoms with E-state index >= 15 is 0 Å². The number of aromatic nitrogens is 2. The van der Waals surface area contributed by atoms with Crippen molar-refractivity contribution in [2.24, 2.45) is 0 Å². The number of carbonyl (C=O) groups is 1. The van der Waals surface area contributed by atoms with Gasteiger partial charge in [-0.15, -0.1) is 0 Å². The molecule has 0 spiro atoms. The largest absolute Gasteiger partial charge is 0.375 e. The molecule has 3 heterocycles. The number of benzene rings is 1. The van der Waals surface area contributed by atoms with Crippen molar-refractivity contribution in [1.29, 1.82) is 0 Å². The van der Waals surface area contributed by atoms with Crippen molar-refractivity contribution in [2.45, 2.75) is 44.9 Å². The Hall–Kier alpha value is -2.99. The van der Waals surface area contributed by atoms with E-state index in [1.165, 1.54) is 0 Å². The Kier molecular flexibility index (Phi) is 5.20. The average Bonchev–Trinajstić information content (AvgIpc) is 2.70. The van der Waals surface area contributed by atoms with Crippen LogP contribution in [0.2, 0.25) is 0 Å². The standard InChI is InChI=1S/C23H25N3O3/c1-23(2)13-16(10-12-29-23)25-21(27)20-15-26(14-17-7-5-6-11-24-17)22(28)19-9-4-3-8-18(19)20/h3-9,11,15-16H,10,12-14H2,1-2H3,(H,25,27)/t16-/m1/s1. The van der Waals surface area contributed by atoms with Gasteiger partial charge in [0.15, 0.2) is 0 Å². The van der Waals surface area contributed by atoms with Gasteiger partial charge in [-0.3, -0.25) is 14.6 Å². The lowest BCUT2D eigenvalue weighted by molar-refractivity contribution is -0.0615. The number of nitrogens with one attached hydrogen (secondary N) is 1. The summed E-state index contributed by atoms with van der Waals surface area (Å²) in [5, 5.41) is 4.34. The van der Waals surface area contributed by atoms with E-state index in [4.69, 9.17) is 4.74 Å². The molecule has 0 radical (unpaired) electrons. The van der Waals surface area contributed by atoms with Crippen LogP contribution in [0.15, 0.2) is 59.7 Å². The Bertz CT molecular complexity index is 1090. The first-order chi connectivity index (χ1) is 13.9. The summed E-state index contributed by atoms with van der Waals surface area (Å²) >= 11 is 0. The van der Waals surface area contributed by atoms with Crippen molar-refractivity contribution >= 4 is 16.7 Å². The van der Waals surface area contributed by atoms with Crippen LogP contribution >= 0.6 is 0 Å². The minimum Gasteiger partial charge on any atom is -0.375 e. The summed E-state index contributed by atoms with van der Waals surface area (Å²) in [7, 11) is 0. The highest BCUT2D eigenvalue weighted by Gasteiger charge is 2.30. The minimum atomic E-state index is -0.254. The summed E-state index contributed by atoms with van der Waals surface area (Å²) in [6, 6.07) is 12.9. The molecule has 29 heavy (non-hydrogen) atoms. The van der Waals surface area contributed by atoms with Crippen LogP contribution in [0.25, 0.3) is 10.8 Å². The third-order valence-electron chi connectivity index (χ3n) is 5.33. The summed E-state index contributed by atoms with van der Waals surface area (Å²) < 4.78 is 7.31. The van der Waals surface area contributed by atoms with Crippen LogP contribution < -0.4 is 10.9 Å². The Morgan fingerprint density at radius 1 is 1.21 bits per heavy atom. The summed E-state index contributed by atoms with van der Waals surface area (Å²) in [5.74, 6) is -0.168. The van der Waals surface area contributed by atoms with Crippen LogP contribution in [0.5, 0.6) is 0 Å². The average molecular weight is 391 g/mol. The van der Waals surface area contributed by atoms with E-state index in [1.54, 1.807) is 23.0 Å². The van der Waals surface area contributed by atoms with Crippen LogP contribution in [0.4, 0.5) is 0 Å². The van der Waals surface area contributed by atoms with Crippen molar-refractivity contribution in [3.8, 4) is 0 Å². The number of rotatable bonds is 4. The Morgan fingerprint density at radius 2 is 1.97 bits per heavy atom. The number of ether oxygens (including phenoxy) is 1. The molecule has 1 atom stereocenters. The van der Waals surface area contributed by atoms with E-state index in [0.717, 1.165) is 18.5 Å². The fourth-order valence-electron chi connectivity index (χ4n) is 3.93. The van der Waals surface area contributed by atoms with Crippen molar-refractivity contribution in [3.05, 3.63) is 76.5 Å². The first kappa shape index (κ1) is 19.3. The van der Waals surface area contributed by atoms with E-state index in [2.05, 4.69) is 10.3 Å². The van der Waals surface area contributed by atoms with E-state index in [0.29, 0.717) is 29.5 Å². The third kappa shape index (κ3) is 4.22. The summed E-state index contributed by atoms with van der Waals surface area (Å²) in [6.45, 7) is 5.01. The smallest absolute Gasteiger partial charge is 0.258 e. The molecule has 0 aliphatic carbocycles. The molecule has 0 unspecified atom stereocenters. The molecule has 6 heteroatoms. The Labute approximate surface area is 169 Å². The topological polar surface area (TPSA) is 73.2 Å². The highest BCUT2D eigenvalue weighted by Crippen LogP contribution is 2.24. The van der Waals surface area contributed by atoms with E-state index < -0.39 is 0 Å². The number of amides is 1. The van der Waals surface area contributed by atoms with Crippen LogP contribution in [0, 0.1) is 0 Å². The molecule has 4 rings (SSSR count). The fraction of sp³-hybridized carbons (Fsp3) is 0.348. The number of pyridine rings is 2. The monoisotopic (exact) mass is 391 g/mol. The number of nitrogens with zero attached hydrogens (tertiary/aromatic N) is 2. The first-order valence-electron chi connectivity index (χ1n) is 9.90. The van der Waals surface area contributed by atoms with Crippen molar-refractivity contribution < 1.29 is 9.53 Å². The van der Waals surface area contributed by atoms with Gasteiger partial charge in [0.05, 0.1) is 23.4 Å². The van der Waals surface area contributed by atoms with E-state index in [-0.39, 0.29) is 23.1 Å². The quantitative estimate of drug-likeness (QED) is 0.742. The van der Waals surface area contributed by atoms with Gasteiger partial charge in [0, 0.05) is 35.8 Å². The second kappa shape index (κ2) is 7.79. The van der Waals surface area contributed by atoms with Crippen LogP contribution in [-0.2, 0) is 11.3 Å². The molecular formula is C23H25N3O3. The van der Waals surface area contributed by atoms with Gasteiger partial charge < -0.3 is 14.6 Å². The summed E-state index contributed by atoms with van der Waals surface area (Å²) in [6.07, 6.45) is 4.88. The van der Waals surface area contributed by atoms with Crippen LogP contribution in [0.1, 0.15) is 42.7 Å². The molecule has 1 fully saturated rings. The van der Waals surface area contributed by atoms with Gasteiger partial charge in [-0.1, -0.05) is 24.3 Å². The Morgan fingerprint density at radius 3 is 2.69 bits per heavy atom. The number of carbonyl (C=O) groups excluding carboxylic acids is 1. The second-order valence-corrected chi connectivity index (χ2v) is 8.11. The maximum absolute atomic E-state index is 13.2. The van der Waals surface area contributed by atoms with Gasteiger partial charge in [-0.25, -0.2) is 0 Å². The number of hydrogen-bond acceptors (Lipinski definition) is 4. The SMILES string of the molecule is CC1(C)C[C@H](NC(=O)c2cn(Cc3ccccn3)c(=O)c3ccccc23)CCO1. The number of hydrogen-bond donors (Lipinski definition) is 1. The minimum absolute atomic E-state index is 0.0428. The van der Waals surface area contributed by atoms with Crippen LogP contribution in [0.3, 0.4) is 0 Å². The van der Waals surface area contributed by atoms with Crippen LogP contribution in [-0.4, -0.2) is 33.7 Å². The maximum Gasteiger partial charge on any atom is 0.258 e. The Balaban J connectivity index is 1.70. The molecular weight excluding hydrogens is 366 g/mol. The molecule has 1 aliphatic heterocycles. The van der Waals surface area contributed by atoms with Crippen molar-refractivity contribution in [1.82, 2.24) is 14.9 Å². The van der Waals surface area contributed by atoms with Gasteiger partial charge in [0.1, 0.15) is 0 Å². The third-order valence-corrected chi connectivity index (χ3v) is 5.33. The van der Waals surface area contributed by atoms with Gasteiger partial charge in [0.25, 0.3) is 11.5 Å². The zero-order valence-corrected chi connectivity index (χ0v) is 16.7. The van der Waals surface area contributed by atoms with Gasteiger partial charge >= 0.3 is 0 Å². The molecule has 1 aliphatic rings. The zero-order valence-electron chi connectivity index (χ0n) is 16.7. The van der Waals surface area contributed by atoms with Crippen molar-refractivity contribution in [3.63, 3.8) is 0 Å². The first-order valence-corrected chi connectivity index (χ1v) is 9.90. The lowest BCUT2D eigenvalue weighted by Crippen LogP contribution is -2.46. The lowest BCUT2D eigenvalue weighted by Gasteiger charge is -2.35. The molecule has 0 saturated carbocycles. The second-order valence-electron chi connectivity index (χ2n) is 8.11. The maximum atomic E-state index is 13.2. The molecule has 2 aromatic heterocycles. The number of fused-ring (bicyclic) bond motifs is 1.